The molecule has 1 saturated carbocycles. The summed E-state index contributed by atoms with van der Waals surface area (Å²) in [5.41, 5.74) is 2.11. The Labute approximate surface area is 109 Å². The summed E-state index contributed by atoms with van der Waals surface area (Å²) >= 11 is 2.25. The van der Waals surface area contributed by atoms with Gasteiger partial charge in [0.25, 0.3) is 0 Å². The maximum atomic E-state index is 5.78. The van der Waals surface area contributed by atoms with Gasteiger partial charge in [0.2, 0.25) is 0 Å². The Morgan fingerprint density at radius 3 is 2.82 bits per heavy atom. The first-order chi connectivity index (χ1) is 8.26. The fourth-order valence-electron chi connectivity index (χ4n) is 3.70. The normalized spacial score (nSPS) is 39.9. The van der Waals surface area contributed by atoms with E-state index in [2.05, 4.69) is 24.9 Å². The monoisotopic (exact) mass is 252 g/mol. The molecular weight excluding hydrogens is 228 g/mol. The van der Waals surface area contributed by atoms with E-state index in [0.717, 1.165) is 17.1 Å². The zero-order chi connectivity index (χ0) is 11.7. The summed E-state index contributed by atoms with van der Waals surface area (Å²) in [5.74, 6) is 0. The zero-order valence-corrected chi connectivity index (χ0v) is 11.7. The zero-order valence-electron chi connectivity index (χ0n) is 10.9. The van der Waals surface area contributed by atoms with Crippen molar-refractivity contribution in [2.45, 2.75) is 68.8 Å². The molecule has 0 aromatic carbocycles. The molecule has 2 heterocycles. The fraction of sp³-hybridized carbons (Fsp3) is 0.867. The molecule has 0 spiro atoms. The first-order valence-electron chi connectivity index (χ1n) is 7.21. The Morgan fingerprint density at radius 1 is 1.35 bits per heavy atom. The van der Waals surface area contributed by atoms with Crippen LogP contribution in [0.1, 0.15) is 58.3 Å². The molecule has 3 unspecified atom stereocenters. The van der Waals surface area contributed by atoms with Gasteiger partial charge in [0, 0.05) is 10.5 Å². The van der Waals surface area contributed by atoms with Crippen LogP contribution in [0.5, 0.6) is 0 Å². The lowest BCUT2D eigenvalue weighted by Crippen LogP contribution is -2.29. The quantitative estimate of drug-likeness (QED) is 0.537. The van der Waals surface area contributed by atoms with Gasteiger partial charge >= 0.3 is 0 Å². The Hall–Kier alpha value is -0.110. The second kappa shape index (κ2) is 4.87. The summed E-state index contributed by atoms with van der Waals surface area (Å²) in [7, 11) is 0. The van der Waals surface area contributed by atoms with Crippen molar-refractivity contribution in [3.63, 3.8) is 0 Å². The van der Waals surface area contributed by atoms with Crippen molar-refractivity contribution < 1.29 is 4.74 Å². The molecule has 2 aliphatic heterocycles. The highest BCUT2D eigenvalue weighted by Crippen LogP contribution is 2.57. The van der Waals surface area contributed by atoms with E-state index in [-0.39, 0.29) is 0 Å². The summed E-state index contributed by atoms with van der Waals surface area (Å²) in [6.07, 6.45) is 13.0. The molecule has 0 radical (unpaired) electrons. The van der Waals surface area contributed by atoms with Crippen LogP contribution >= 0.6 is 11.8 Å². The lowest BCUT2D eigenvalue weighted by Gasteiger charge is -2.32. The molecule has 3 aliphatic rings. The molecule has 17 heavy (non-hydrogen) atoms. The lowest BCUT2D eigenvalue weighted by molar-refractivity contribution is 0.155. The van der Waals surface area contributed by atoms with Crippen molar-refractivity contribution in [3.05, 3.63) is 11.8 Å². The molecule has 96 valence electrons. The van der Waals surface area contributed by atoms with E-state index >= 15 is 0 Å². The van der Waals surface area contributed by atoms with Crippen molar-refractivity contribution in [2.24, 2.45) is 5.41 Å². The minimum absolute atomic E-state index is 0.571. The van der Waals surface area contributed by atoms with E-state index in [1.807, 2.05) is 0 Å². The molecule has 0 N–H and O–H groups in total. The lowest BCUT2D eigenvalue weighted by atomic mass is 9.74. The van der Waals surface area contributed by atoms with Crippen LogP contribution in [0.4, 0.5) is 0 Å². The number of fused-ring (bicyclic) bond motifs is 2. The molecule has 3 rings (SSSR count). The summed E-state index contributed by atoms with van der Waals surface area (Å²) in [6.45, 7) is 3.42. The highest BCUT2D eigenvalue weighted by atomic mass is 32.2. The van der Waals surface area contributed by atoms with Crippen LogP contribution < -0.4 is 0 Å². The van der Waals surface area contributed by atoms with Crippen LogP contribution in [0, 0.1) is 5.41 Å². The number of ether oxygens (including phenoxy) is 1. The molecule has 1 aliphatic carbocycles. The molecule has 0 amide bonds. The second-order valence-electron chi connectivity index (χ2n) is 6.29. The molecule has 0 aromatic heterocycles. The Balaban J connectivity index is 1.43. The minimum atomic E-state index is 0.571. The van der Waals surface area contributed by atoms with Gasteiger partial charge in [-0.05, 0) is 62.4 Å². The first-order valence-corrected chi connectivity index (χ1v) is 8.15. The van der Waals surface area contributed by atoms with Gasteiger partial charge in [0.15, 0.2) is 0 Å². The molecular formula is C15H24OS. The van der Waals surface area contributed by atoms with Crippen LogP contribution in [0.2, 0.25) is 0 Å². The predicted octanol–water partition coefficient (Wildman–Crippen LogP) is 4.53. The highest BCUT2D eigenvalue weighted by molar-refractivity contribution is 8.01. The highest BCUT2D eigenvalue weighted by Gasteiger charge is 2.48. The summed E-state index contributed by atoms with van der Waals surface area (Å²) < 4.78 is 5.78. The molecule has 0 aromatic rings. The van der Waals surface area contributed by atoms with E-state index in [9.17, 15) is 0 Å². The Kier molecular flexibility index (Phi) is 3.43. The Bertz CT molecular complexity index is 304. The third-order valence-corrected chi connectivity index (χ3v) is 6.79. The maximum absolute atomic E-state index is 5.78. The minimum Gasteiger partial charge on any atom is -0.501 e. The molecule has 2 bridgehead atoms. The predicted molar refractivity (Wildman–Crippen MR) is 74.2 cm³/mol. The van der Waals surface area contributed by atoms with Crippen LogP contribution in [-0.4, -0.2) is 17.1 Å². The van der Waals surface area contributed by atoms with Crippen molar-refractivity contribution in [1.82, 2.24) is 0 Å². The van der Waals surface area contributed by atoms with E-state index in [1.165, 1.54) is 56.9 Å². The van der Waals surface area contributed by atoms with Crippen LogP contribution in [0.15, 0.2) is 11.8 Å². The van der Waals surface area contributed by atoms with Crippen molar-refractivity contribution in [3.8, 4) is 0 Å². The van der Waals surface area contributed by atoms with Gasteiger partial charge < -0.3 is 4.74 Å². The van der Waals surface area contributed by atoms with Crippen LogP contribution in [0.25, 0.3) is 0 Å². The second-order valence-corrected chi connectivity index (χ2v) is 7.79. The van der Waals surface area contributed by atoms with Gasteiger partial charge in [-0.2, -0.15) is 11.8 Å². The topological polar surface area (TPSA) is 9.23 Å². The van der Waals surface area contributed by atoms with Crippen LogP contribution in [0.3, 0.4) is 0 Å². The third-order valence-electron chi connectivity index (χ3n) is 4.87. The summed E-state index contributed by atoms with van der Waals surface area (Å²) in [6, 6.07) is 0. The summed E-state index contributed by atoms with van der Waals surface area (Å²) in [4.78, 5) is 0. The number of hydrogen-bond acceptors (Lipinski definition) is 2. The average Bonchev–Trinajstić information content (AvgIpc) is 3.00. The number of rotatable bonds is 4. The average molecular weight is 252 g/mol. The SMILES string of the molecule is CC1(CCOC=C2CCCC2)CC2CCC1S2. The fourth-order valence-corrected chi connectivity index (χ4v) is 5.73. The van der Waals surface area contributed by atoms with E-state index in [0.29, 0.717) is 5.41 Å². The molecule has 3 atom stereocenters. The molecule has 3 fully saturated rings. The van der Waals surface area contributed by atoms with Gasteiger partial charge in [-0.25, -0.2) is 0 Å². The van der Waals surface area contributed by atoms with Gasteiger partial charge in [0.1, 0.15) is 0 Å². The number of thioether (sulfide) groups is 1. The van der Waals surface area contributed by atoms with Crippen LogP contribution in [-0.2, 0) is 4.74 Å². The number of hydrogen-bond donors (Lipinski definition) is 0. The maximum Gasteiger partial charge on any atom is 0.0878 e. The van der Waals surface area contributed by atoms with Crippen molar-refractivity contribution in [2.75, 3.05) is 6.61 Å². The van der Waals surface area contributed by atoms with E-state index in [1.54, 1.807) is 0 Å². The largest absolute Gasteiger partial charge is 0.501 e. The summed E-state index contributed by atoms with van der Waals surface area (Å²) in [5, 5.41) is 1.90. The van der Waals surface area contributed by atoms with Gasteiger partial charge in [-0.1, -0.05) is 6.92 Å². The van der Waals surface area contributed by atoms with Crippen molar-refractivity contribution in [1.29, 1.82) is 0 Å². The molecule has 2 saturated heterocycles. The van der Waals surface area contributed by atoms with Gasteiger partial charge in [-0.3, -0.25) is 0 Å². The van der Waals surface area contributed by atoms with E-state index in [4.69, 9.17) is 4.74 Å². The number of allylic oxidation sites excluding steroid dienone is 1. The first kappa shape index (κ1) is 12.0. The van der Waals surface area contributed by atoms with Gasteiger partial charge in [0.05, 0.1) is 12.9 Å². The van der Waals surface area contributed by atoms with Crippen molar-refractivity contribution >= 4 is 11.8 Å². The molecule has 1 nitrogen and oxygen atoms in total. The van der Waals surface area contributed by atoms with E-state index < -0.39 is 0 Å². The smallest absolute Gasteiger partial charge is 0.0878 e. The third kappa shape index (κ3) is 2.52. The van der Waals surface area contributed by atoms with Gasteiger partial charge in [-0.15, -0.1) is 0 Å². The standard InChI is InChI=1S/C15H24OS/c1-15(10-13-6-7-14(15)17-13)8-9-16-11-12-4-2-3-5-12/h11,13-14H,2-10H2,1H3. The Morgan fingerprint density at radius 2 is 2.18 bits per heavy atom. The molecule has 2 heteroatoms.